The molecule has 0 unspecified atom stereocenters. The number of nitrogens with two attached hydrogens (primary N) is 1. The summed E-state index contributed by atoms with van der Waals surface area (Å²) in [6.45, 7) is 0. The number of halogens is 2. The van der Waals surface area contributed by atoms with Gasteiger partial charge < -0.3 is 15.2 Å². The Morgan fingerprint density at radius 3 is 2.78 bits per heavy atom. The summed E-state index contributed by atoms with van der Waals surface area (Å²) < 4.78 is 18.8. The van der Waals surface area contributed by atoms with Crippen LogP contribution < -0.4 is 11.3 Å². The number of rotatable bonds is 2. The lowest BCUT2D eigenvalue weighted by molar-refractivity contribution is 0.229. The average Bonchev–Trinajstić information content (AvgIpc) is 2.94. The number of pyridine rings is 1. The van der Waals surface area contributed by atoms with Crippen molar-refractivity contribution in [3.05, 3.63) is 46.3 Å². The second kappa shape index (κ2) is 5.43. The molecule has 4 rings (SSSR count). The summed E-state index contributed by atoms with van der Waals surface area (Å²) in [5.41, 5.74) is 6.21. The summed E-state index contributed by atoms with van der Waals surface area (Å²) in [7, 11) is 0. The molecule has 1 fully saturated rings. The van der Waals surface area contributed by atoms with Gasteiger partial charge in [0.2, 0.25) is 5.56 Å². The highest BCUT2D eigenvalue weighted by Gasteiger charge is 2.39. The monoisotopic (exact) mass is 336 g/mol. The number of hydrogen-bond donors (Lipinski definition) is 2. The van der Waals surface area contributed by atoms with Gasteiger partial charge in [-0.1, -0.05) is 5.16 Å². The van der Waals surface area contributed by atoms with Crippen molar-refractivity contribution in [1.82, 2.24) is 15.1 Å². The molecular weight excluding hydrogens is 323 g/mol. The van der Waals surface area contributed by atoms with Crippen molar-refractivity contribution in [2.24, 2.45) is 5.73 Å². The molecule has 0 saturated heterocycles. The van der Waals surface area contributed by atoms with Gasteiger partial charge in [0.25, 0.3) is 5.89 Å². The maximum Gasteiger partial charge on any atom is 0.258 e. The van der Waals surface area contributed by atoms with Crippen molar-refractivity contribution in [1.29, 1.82) is 0 Å². The molecular formula is C15H14ClFN4O2. The van der Waals surface area contributed by atoms with Gasteiger partial charge >= 0.3 is 0 Å². The average molecular weight is 337 g/mol. The van der Waals surface area contributed by atoms with Crippen molar-refractivity contribution in [2.75, 3.05) is 0 Å². The Kier molecular flexibility index (Phi) is 3.69. The number of nitrogens with zero attached hydrogens (tertiary/aromatic N) is 2. The minimum absolute atomic E-state index is 0. The van der Waals surface area contributed by atoms with Crippen LogP contribution in [-0.2, 0) is 5.54 Å². The molecule has 6 nitrogen and oxygen atoms in total. The summed E-state index contributed by atoms with van der Waals surface area (Å²) in [6, 6.07) is 5.43. The van der Waals surface area contributed by atoms with Crippen LogP contribution in [0.25, 0.3) is 22.4 Å². The van der Waals surface area contributed by atoms with Crippen LogP contribution in [0, 0.1) is 5.82 Å². The molecule has 0 atom stereocenters. The fourth-order valence-electron chi connectivity index (χ4n) is 2.72. The van der Waals surface area contributed by atoms with E-state index >= 15 is 0 Å². The van der Waals surface area contributed by atoms with E-state index in [0.717, 1.165) is 19.3 Å². The van der Waals surface area contributed by atoms with Crippen molar-refractivity contribution in [2.45, 2.75) is 24.8 Å². The molecule has 0 radical (unpaired) electrons. The summed E-state index contributed by atoms with van der Waals surface area (Å²) in [4.78, 5) is 18.7. The third-order valence-corrected chi connectivity index (χ3v) is 4.15. The second-order valence-corrected chi connectivity index (χ2v) is 5.67. The minimum atomic E-state index is -0.552. The second-order valence-electron chi connectivity index (χ2n) is 5.67. The van der Waals surface area contributed by atoms with Gasteiger partial charge in [-0.3, -0.25) is 4.79 Å². The molecule has 0 spiro atoms. The summed E-state index contributed by atoms with van der Waals surface area (Å²) in [5.74, 6) is 0.196. The van der Waals surface area contributed by atoms with E-state index < -0.39 is 11.4 Å². The van der Waals surface area contributed by atoms with Crippen LogP contribution in [0.15, 0.2) is 33.6 Å². The van der Waals surface area contributed by atoms with Gasteiger partial charge in [-0.05, 0) is 37.5 Å². The van der Waals surface area contributed by atoms with Gasteiger partial charge in [-0.15, -0.1) is 12.4 Å². The number of aromatic amines is 1. The molecule has 3 aromatic rings. The highest BCUT2D eigenvalue weighted by atomic mass is 35.5. The molecule has 1 saturated carbocycles. The first-order chi connectivity index (χ1) is 10.5. The van der Waals surface area contributed by atoms with E-state index in [2.05, 4.69) is 15.1 Å². The van der Waals surface area contributed by atoms with Gasteiger partial charge in [0, 0.05) is 17.0 Å². The summed E-state index contributed by atoms with van der Waals surface area (Å²) >= 11 is 0. The Morgan fingerprint density at radius 2 is 2.09 bits per heavy atom. The predicted molar refractivity (Wildman–Crippen MR) is 84.8 cm³/mol. The van der Waals surface area contributed by atoms with E-state index in [0.29, 0.717) is 22.3 Å². The van der Waals surface area contributed by atoms with Gasteiger partial charge in [0.05, 0.1) is 11.1 Å². The van der Waals surface area contributed by atoms with E-state index in [1.54, 1.807) is 0 Å². The summed E-state index contributed by atoms with van der Waals surface area (Å²) in [6.07, 6.45) is 2.63. The maximum atomic E-state index is 13.5. The lowest BCUT2D eigenvalue weighted by atomic mass is 9.77. The van der Waals surface area contributed by atoms with Crippen molar-refractivity contribution >= 4 is 23.3 Å². The minimum Gasteiger partial charge on any atom is -0.334 e. The predicted octanol–water partition coefficient (Wildman–Crippen LogP) is 2.48. The fraction of sp³-hybridized carbons (Fsp3) is 0.267. The van der Waals surface area contributed by atoms with E-state index in [9.17, 15) is 9.18 Å². The SMILES string of the molecule is Cl.NC1(c2noc(-c3cc(=O)[nH]c4ccc(F)cc34)n2)CCC1. The first kappa shape index (κ1) is 15.6. The molecule has 2 aromatic heterocycles. The lowest BCUT2D eigenvalue weighted by Crippen LogP contribution is -2.44. The van der Waals surface area contributed by atoms with E-state index in [-0.39, 0.29) is 23.9 Å². The number of aromatic nitrogens is 3. The molecule has 8 heteroatoms. The van der Waals surface area contributed by atoms with Crippen LogP contribution >= 0.6 is 12.4 Å². The molecule has 0 bridgehead atoms. The van der Waals surface area contributed by atoms with Gasteiger partial charge in [-0.25, -0.2) is 4.39 Å². The third kappa shape index (κ3) is 2.51. The zero-order chi connectivity index (χ0) is 15.3. The van der Waals surface area contributed by atoms with Crippen LogP contribution in [0.5, 0.6) is 0 Å². The highest BCUT2D eigenvalue weighted by molar-refractivity contribution is 5.92. The topological polar surface area (TPSA) is 97.8 Å². The molecule has 1 aromatic carbocycles. The largest absolute Gasteiger partial charge is 0.334 e. The molecule has 3 N–H and O–H groups in total. The number of nitrogens with one attached hydrogen (secondary N) is 1. The number of hydrogen-bond acceptors (Lipinski definition) is 5. The number of benzene rings is 1. The van der Waals surface area contributed by atoms with Crippen molar-refractivity contribution in [3.8, 4) is 11.5 Å². The highest BCUT2D eigenvalue weighted by Crippen LogP contribution is 2.38. The smallest absolute Gasteiger partial charge is 0.258 e. The molecule has 120 valence electrons. The zero-order valence-corrected chi connectivity index (χ0v) is 12.8. The number of fused-ring (bicyclic) bond motifs is 1. The molecule has 1 aliphatic rings. The molecule has 23 heavy (non-hydrogen) atoms. The molecule has 2 heterocycles. The Labute approximate surface area is 136 Å². The zero-order valence-electron chi connectivity index (χ0n) is 12.0. The van der Waals surface area contributed by atoms with E-state index in [4.69, 9.17) is 10.3 Å². The van der Waals surface area contributed by atoms with Gasteiger partial charge in [0.1, 0.15) is 5.82 Å². The van der Waals surface area contributed by atoms with Gasteiger partial charge in [0.15, 0.2) is 5.82 Å². The first-order valence-electron chi connectivity index (χ1n) is 7.01. The van der Waals surface area contributed by atoms with Crippen molar-refractivity contribution < 1.29 is 8.91 Å². The van der Waals surface area contributed by atoms with Crippen LogP contribution in [0.3, 0.4) is 0 Å². The molecule has 0 amide bonds. The van der Waals surface area contributed by atoms with Crippen LogP contribution in [-0.4, -0.2) is 15.1 Å². The standard InChI is InChI=1S/C15H13FN4O2.ClH/c16-8-2-3-11-9(6-8)10(7-12(21)18-11)13-19-14(20-22-13)15(17)4-1-5-15;/h2-3,6-7H,1,4-5,17H2,(H,18,21);1H. The first-order valence-corrected chi connectivity index (χ1v) is 7.01. The molecule has 0 aliphatic heterocycles. The van der Waals surface area contributed by atoms with Crippen LogP contribution in [0.2, 0.25) is 0 Å². The van der Waals surface area contributed by atoms with Crippen LogP contribution in [0.4, 0.5) is 4.39 Å². The van der Waals surface area contributed by atoms with E-state index in [1.165, 1.54) is 24.3 Å². The maximum absolute atomic E-state index is 13.5. The number of H-pyrrole nitrogens is 1. The van der Waals surface area contributed by atoms with E-state index in [1.807, 2.05) is 0 Å². The van der Waals surface area contributed by atoms with Crippen LogP contribution in [0.1, 0.15) is 25.1 Å². The normalized spacial score (nSPS) is 15.9. The Bertz CT molecular complexity index is 933. The Morgan fingerprint density at radius 1 is 1.30 bits per heavy atom. The lowest BCUT2D eigenvalue weighted by Gasteiger charge is -2.34. The Hall–Kier alpha value is -2.25. The third-order valence-electron chi connectivity index (χ3n) is 4.15. The molecule has 1 aliphatic carbocycles. The van der Waals surface area contributed by atoms with Gasteiger partial charge in [-0.2, -0.15) is 4.98 Å². The quantitative estimate of drug-likeness (QED) is 0.749. The Balaban J connectivity index is 0.00000156. The summed E-state index contributed by atoms with van der Waals surface area (Å²) in [5, 5.41) is 4.44. The fourth-order valence-corrected chi connectivity index (χ4v) is 2.72. The van der Waals surface area contributed by atoms with Crippen molar-refractivity contribution in [3.63, 3.8) is 0 Å².